The van der Waals surface area contributed by atoms with Gasteiger partial charge >= 0.3 is 0 Å². The van der Waals surface area contributed by atoms with Crippen molar-refractivity contribution >= 4 is 17.7 Å². The topological polar surface area (TPSA) is 111 Å². The maximum absolute atomic E-state index is 12.8. The Morgan fingerprint density at radius 1 is 0.968 bits per heavy atom. The second-order valence-corrected chi connectivity index (χ2v) is 7.77. The molecule has 0 spiro atoms. The fraction of sp³-hybridized carbons (Fsp3) is 0.348. The minimum absolute atomic E-state index is 0.307. The van der Waals surface area contributed by atoms with Crippen LogP contribution in [0.4, 0.5) is 0 Å². The lowest BCUT2D eigenvalue weighted by Crippen LogP contribution is -2.54. The smallest absolute Gasteiger partial charge is 0.275 e. The number of rotatable bonds is 8. The molecule has 1 saturated carbocycles. The van der Waals surface area contributed by atoms with Gasteiger partial charge in [-0.05, 0) is 48.6 Å². The van der Waals surface area contributed by atoms with Crippen LogP contribution in [0, 0.1) is 0 Å². The molecule has 3 rings (SSSR count). The first-order valence-corrected chi connectivity index (χ1v) is 10.2. The average molecular weight is 425 g/mol. The molecule has 31 heavy (non-hydrogen) atoms. The molecule has 164 valence electrons. The van der Waals surface area contributed by atoms with Gasteiger partial charge in [-0.15, -0.1) is 0 Å². The minimum Gasteiger partial charge on any atom is -0.357 e. The highest BCUT2D eigenvalue weighted by Crippen LogP contribution is 2.26. The molecule has 0 bridgehead atoms. The molecule has 4 N–H and O–H groups in total. The molecule has 1 aliphatic carbocycles. The summed E-state index contributed by atoms with van der Waals surface area (Å²) in [5.41, 5.74) is 4.95. The second kappa shape index (κ2) is 9.72. The van der Waals surface area contributed by atoms with Crippen LogP contribution < -0.4 is 16.1 Å². The van der Waals surface area contributed by atoms with Crippen molar-refractivity contribution in [3.8, 4) is 11.1 Å². The van der Waals surface area contributed by atoms with Crippen LogP contribution in [0.3, 0.4) is 0 Å². The molecular formula is C23H28N4O4. The zero-order valence-corrected chi connectivity index (χ0v) is 17.9. The third-order valence-electron chi connectivity index (χ3n) is 5.50. The Bertz CT molecular complexity index is 923. The van der Waals surface area contributed by atoms with Crippen molar-refractivity contribution in [3.63, 3.8) is 0 Å². The van der Waals surface area contributed by atoms with E-state index in [1.165, 1.54) is 38.0 Å². The fourth-order valence-corrected chi connectivity index (χ4v) is 3.46. The summed E-state index contributed by atoms with van der Waals surface area (Å²) in [6, 6.07) is 14.7. The SMILES string of the molecule is CNC(=O)C(C(=O)NO)N(C)C(=O)c1ccc(-c2ccc(C(C)NC3CC3)cc2)cc1. The predicted molar refractivity (Wildman–Crippen MR) is 116 cm³/mol. The molecule has 0 aliphatic heterocycles. The van der Waals surface area contributed by atoms with Gasteiger partial charge in [0.2, 0.25) is 0 Å². The van der Waals surface area contributed by atoms with Crippen LogP contribution in [0.5, 0.6) is 0 Å². The monoisotopic (exact) mass is 424 g/mol. The number of nitrogens with one attached hydrogen (secondary N) is 3. The van der Waals surface area contributed by atoms with Gasteiger partial charge in [-0.1, -0.05) is 36.4 Å². The van der Waals surface area contributed by atoms with E-state index in [0.29, 0.717) is 17.6 Å². The van der Waals surface area contributed by atoms with E-state index in [2.05, 4.69) is 41.8 Å². The van der Waals surface area contributed by atoms with Gasteiger partial charge in [0.25, 0.3) is 17.7 Å². The molecule has 2 aromatic rings. The molecule has 0 radical (unpaired) electrons. The van der Waals surface area contributed by atoms with Crippen molar-refractivity contribution in [2.75, 3.05) is 14.1 Å². The number of carbonyl (C=O) groups excluding carboxylic acids is 3. The highest BCUT2D eigenvalue weighted by Gasteiger charge is 2.33. The summed E-state index contributed by atoms with van der Waals surface area (Å²) in [6.07, 6.45) is 2.49. The first kappa shape index (κ1) is 22.5. The molecule has 0 aromatic heterocycles. The van der Waals surface area contributed by atoms with Gasteiger partial charge in [0.05, 0.1) is 0 Å². The van der Waals surface area contributed by atoms with Gasteiger partial charge in [0.1, 0.15) is 0 Å². The van der Waals surface area contributed by atoms with Crippen molar-refractivity contribution in [2.45, 2.75) is 37.9 Å². The number of hydroxylamine groups is 1. The Morgan fingerprint density at radius 3 is 2.00 bits per heavy atom. The molecule has 8 heteroatoms. The summed E-state index contributed by atoms with van der Waals surface area (Å²) in [5.74, 6) is -2.21. The van der Waals surface area contributed by atoms with Gasteiger partial charge < -0.3 is 15.5 Å². The summed E-state index contributed by atoms with van der Waals surface area (Å²) in [6.45, 7) is 2.16. The average Bonchev–Trinajstić information content (AvgIpc) is 3.62. The maximum Gasteiger partial charge on any atom is 0.275 e. The van der Waals surface area contributed by atoms with Gasteiger partial charge in [0, 0.05) is 31.7 Å². The van der Waals surface area contributed by atoms with E-state index in [4.69, 9.17) is 5.21 Å². The first-order chi connectivity index (χ1) is 14.8. The predicted octanol–water partition coefficient (Wildman–Crippen LogP) is 1.86. The van der Waals surface area contributed by atoms with Gasteiger partial charge in [-0.25, -0.2) is 5.48 Å². The van der Waals surface area contributed by atoms with Crippen LogP contribution in [0.1, 0.15) is 41.7 Å². The van der Waals surface area contributed by atoms with Gasteiger partial charge in [-0.3, -0.25) is 19.6 Å². The summed E-state index contributed by atoms with van der Waals surface area (Å²) in [7, 11) is 2.68. The summed E-state index contributed by atoms with van der Waals surface area (Å²) in [4.78, 5) is 37.6. The molecule has 2 unspecified atom stereocenters. The van der Waals surface area contributed by atoms with Crippen LogP contribution in [0.15, 0.2) is 48.5 Å². The van der Waals surface area contributed by atoms with Crippen LogP contribution in [-0.2, 0) is 9.59 Å². The molecule has 0 heterocycles. The number of hydrogen-bond donors (Lipinski definition) is 4. The molecule has 1 fully saturated rings. The molecule has 1 aliphatic rings. The third-order valence-corrected chi connectivity index (χ3v) is 5.50. The highest BCUT2D eigenvalue weighted by molar-refractivity contribution is 6.08. The number of amides is 3. The van der Waals surface area contributed by atoms with Crippen molar-refractivity contribution in [3.05, 3.63) is 59.7 Å². The summed E-state index contributed by atoms with van der Waals surface area (Å²) >= 11 is 0. The molecule has 2 aromatic carbocycles. The molecule has 3 amide bonds. The van der Waals surface area contributed by atoms with E-state index in [9.17, 15) is 14.4 Å². The number of likely N-dealkylation sites (N-methyl/N-ethyl adjacent to an activating group) is 2. The van der Waals surface area contributed by atoms with Gasteiger partial charge in [-0.2, -0.15) is 0 Å². The van der Waals surface area contributed by atoms with Crippen molar-refractivity contribution in [2.24, 2.45) is 0 Å². The Labute approximate surface area is 181 Å². The Kier molecular flexibility index (Phi) is 7.04. The van der Waals surface area contributed by atoms with E-state index in [1.807, 2.05) is 12.1 Å². The molecule has 0 saturated heterocycles. The lowest BCUT2D eigenvalue weighted by Gasteiger charge is -2.25. The van der Waals surface area contributed by atoms with Gasteiger partial charge in [0.15, 0.2) is 6.04 Å². The number of carbonyl (C=O) groups is 3. The van der Waals surface area contributed by atoms with E-state index in [-0.39, 0.29) is 0 Å². The van der Waals surface area contributed by atoms with Crippen LogP contribution >= 0.6 is 0 Å². The Morgan fingerprint density at radius 2 is 1.52 bits per heavy atom. The summed E-state index contributed by atoms with van der Waals surface area (Å²) < 4.78 is 0. The highest BCUT2D eigenvalue weighted by atomic mass is 16.5. The van der Waals surface area contributed by atoms with E-state index < -0.39 is 23.8 Å². The van der Waals surface area contributed by atoms with Crippen molar-refractivity contribution in [1.29, 1.82) is 0 Å². The summed E-state index contributed by atoms with van der Waals surface area (Å²) in [5, 5.41) is 14.8. The zero-order valence-electron chi connectivity index (χ0n) is 17.9. The Hall–Kier alpha value is -3.23. The largest absolute Gasteiger partial charge is 0.357 e. The quantitative estimate of drug-likeness (QED) is 0.294. The van der Waals surface area contributed by atoms with E-state index in [0.717, 1.165) is 16.0 Å². The number of nitrogens with zero attached hydrogens (tertiary/aromatic N) is 1. The fourth-order valence-electron chi connectivity index (χ4n) is 3.46. The Balaban J connectivity index is 1.72. The number of hydrogen-bond acceptors (Lipinski definition) is 5. The second-order valence-electron chi connectivity index (χ2n) is 7.77. The molecule has 2 atom stereocenters. The normalized spacial score (nSPS) is 15.0. The minimum atomic E-state index is -1.49. The van der Waals surface area contributed by atoms with E-state index in [1.54, 1.807) is 12.1 Å². The standard InChI is InChI=1S/C23H28N4O4/c1-14(25-19-12-13-19)15-4-6-16(7-5-15)17-8-10-18(11-9-17)23(30)27(3)20(21(28)24-2)22(29)26-31/h4-11,14,19-20,25,31H,12-13H2,1-3H3,(H,24,28)(H,26,29). The lowest BCUT2D eigenvalue weighted by molar-refractivity contribution is -0.140. The molecule has 8 nitrogen and oxygen atoms in total. The van der Waals surface area contributed by atoms with Crippen LogP contribution in [0.25, 0.3) is 11.1 Å². The number of benzene rings is 2. The van der Waals surface area contributed by atoms with Crippen LogP contribution in [0.2, 0.25) is 0 Å². The van der Waals surface area contributed by atoms with Crippen molar-refractivity contribution in [1.82, 2.24) is 21.0 Å². The lowest BCUT2D eigenvalue weighted by atomic mass is 10.00. The van der Waals surface area contributed by atoms with Crippen LogP contribution in [-0.4, -0.2) is 54.0 Å². The van der Waals surface area contributed by atoms with Crippen molar-refractivity contribution < 1.29 is 19.6 Å². The zero-order chi connectivity index (χ0) is 22.5. The maximum atomic E-state index is 12.8. The molecular weight excluding hydrogens is 396 g/mol. The van der Waals surface area contributed by atoms with E-state index >= 15 is 0 Å². The first-order valence-electron chi connectivity index (χ1n) is 10.2. The third kappa shape index (κ3) is 5.28.